The zero-order valence-electron chi connectivity index (χ0n) is 21.2. The van der Waals surface area contributed by atoms with Crippen LogP contribution in [0.25, 0.3) is 10.9 Å². The van der Waals surface area contributed by atoms with Gasteiger partial charge in [-0.1, -0.05) is 18.2 Å². The molecule has 2 aromatic heterocycles. The highest BCUT2D eigenvalue weighted by molar-refractivity contribution is 5.98. The first kappa shape index (κ1) is 25.8. The number of rotatable bonds is 8. The summed E-state index contributed by atoms with van der Waals surface area (Å²) in [7, 11) is 1.74. The van der Waals surface area contributed by atoms with Gasteiger partial charge >= 0.3 is 6.03 Å². The van der Waals surface area contributed by atoms with Gasteiger partial charge in [0.05, 0.1) is 6.04 Å². The molecule has 0 aliphatic carbocycles. The number of nitrogens with two attached hydrogens (primary N) is 1. The molecule has 0 bridgehead atoms. The summed E-state index contributed by atoms with van der Waals surface area (Å²) in [4.78, 5) is 56.1. The highest BCUT2D eigenvalue weighted by Gasteiger charge is 2.42. The molecule has 0 saturated carbocycles. The Hall–Kier alpha value is -4.28. The van der Waals surface area contributed by atoms with Crippen LogP contribution in [0.1, 0.15) is 36.3 Å². The Bertz CT molecular complexity index is 1310. The van der Waals surface area contributed by atoms with Crippen LogP contribution in [0.2, 0.25) is 0 Å². The first-order chi connectivity index (χ1) is 17.6. The molecule has 0 unspecified atom stereocenters. The van der Waals surface area contributed by atoms with Gasteiger partial charge < -0.3 is 36.1 Å². The number of hydrogen-bond donors (Lipinski definition) is 5. The number of para-hydroxylation sites is 1. The number of benzene rings is 1. The number of carbonyl (C=O) groups is 4. The van der Waals surface area contributed by atoms with Crippen LogP contribution >= 0.6 is 0 Å². The van der Waals surface area contributed by atoms with Gasteiger partial charge in [0.15, 0.2) is 0 Å². The number of H-pyrrole nitrogens is 1. The van der Waals surface area contributed by atoms with Gasteiger partial charge in [0.2, 0.25) is 11.8 Å². The zero-order chi connectivity index (χ0) is 26.7. The number of primary amides is 1. The number of urea groups is 1. The van der Waals surface area contributed by atoms with Gasteiger partial charge in [-0.05, 0) is 44.0 Å². The van der Waals surface area contributed by atoms with E-state index in [1.807, 2.05) is 38.1 Å². The van der Waals surface area contributed by atoms with Gasteiger partial charge in [0.25, 0.3) is 5.91 Å². The van der Waals surface area contributed by atoms with E-state index in [0.29, 0.717) is 5.69 Å². The number of carbonyl (C=O) groups excluding carboxylic acids is 4. The van der Waals surface area contributed by atoms with Crippen molar-refractivity contribution in [3.8, 4) is 0 Å². The number of aromatic amines is 1. The fraction of sp³-hybridized carbons (Fsp3) is 0.385. The summed E-state index contributed by atoms with van der Waals surface area (Å²) < 4.78 is 1.67. The second-order valence-electron chi connectivity index (χ2n) is 9.71. The first-order valence-electron chi connectivity index (χ1n) is 12.3. The smallest absolute Gasteiger partial charge is 0.315 e. The SMILES string of the molecule is CC(C)NC(=O)N[C@H]1C[C@@H](C(=O)N[C@H](Cc2c[nH]c3ccccc23)C(N)=O)N(C(=O)c2cccn2C)C1. The van der Waals surface area contributed by atoms with Crippen molar-refractivity contribution in [2.45, 2.75) is 50.9 Å². The summed E-state index contributed by atoms with van der Waals surface area (Å²) in [6.07, 6.45) is 3.93. The fourth-order valence-corrected chi connectivity index (χ4v) is 4.74. The summed E-state index contributed by atoms with van der Waals surface area (Å²) in [5.74, 6) is -1.52. The molecule has 1 aliphatic rings. The number of fused-ring (bicyclic) bond motifs is 1. The van der Waals surface area contributed by atoms with Crippen LogP contribution in [-0.2, 0) is 23.1 Å². The molecule has 196 valence electrons. The van der Waals surface area contributed by atoms with Gasteiger partial charge in [0, 0.05) is 49.4 Å². The number of hydrogen-bond acceptors (Lipinski definition) is 4. The van der Waals surface area contributed by atoms with Crippen LogP contribution in [0.4, 0.5) is 4.79 Å². The lowest BCUT2D eigenvalue weighted by molar-refractivity contribution is -0.129. The molecule has 1 aromatic carbocycles. The van der Waals surface area contributed by atoms with Gasteiger partial charge in [-0.15, -0.1) is 0 Å². The summed E-state index contributed by atoms with van der Waals surface area (Å²) in [5.41, 5.74) is 7.83. The van der Waals surface area contributed by atoms with E-state index < -0.39 is 29.9 Å². The van der Waals surface area contributed by atoms with Crippen molar-refractivity contribution in [2.75, 3.05) is 6.54 Å². The van der Waals surface area contributed by atoms with Crippen LogP contribution in [0.3, 0.4) is 0 Å². The lowest BCUT2D eigenvalue weighted by Crippen LogP contribution is -2.53. The predicted molar refractivity (Wildman–Crippen MR) is 139 cm³/mol. The number of amides is 5. The molecule has 3 heterocycles. The largest absolute Gasteiger partial charge is 0.368 e. The van der Waals surface area contributed by atoms with E-state index in [4.69, 9.17) is 5.73 Å². The summed E-state index contributed by atoms with van der Waals surface area (Å²) in [5, 5.41) is 9.30. The van der Waals surface area contributed by atoms with Gasteiger partial charge in [-0.2, -0.15) is 0 Å². The topological polar surface area (TPSA) is 154 Å². The fourth-order valence-electron chi connectivity index (χ4n) is 4.74. The van der Waals surface area contributed by atoms with Crippen LogP contribution < -0.4 is 21.7 Å². The number of aromatic nitrogens is 2. The van der Waals surface area contributed by atoms with E-state index in [0.717, 1.165) is 16.5 Å². The number of nitrogens with zero attached hydrogens (tertiary/aromatic N) is 2. The summed E-state index contributed by atoms with van der Waals surface area (Å²) in [6.45, 7) is 3.83. The quantitative estimate of drug-likeness (QED) is 0.309. The molecule has 0 spiro atoms. The second-order valence-corrected chi connectivity index (χ2v) is 9.71. The van der Waals surface area contributed by atoms with Crippen molar-refractivity contribution in [3.05, 3.63) is 60.0 Å². The lowest BCUT2D eigenvalue weighted by atomic mass is 10.0. The van der Waals surface area contributed by atoms with E-state index in [2.05, 4.69) is 20.9 Å². The molecule has 3 aromatic rings. The Morgan fingerprint density at radius 3 is 2.54 bits per heavy atom. The van der Waals surface area contributed by atoms with Crippen molar-refractivity contribution in [2.24, 2.45) is 12.8 Å². The molecular weight excluding hydrogens is 474 g/mol. The lowest BCUT2D eigenvalue weighted by Gasteiger charge is -2.25. The third-order valence-corrected chi connectivity index (χ3v) is 6.54. The van der Waals surface area contributed by atoms with Crippen molar-refractivity contribution in [3.63, 3.8) is 0 Å². The van der Waals surface area contributed by atoms with Gasteiger partial charge in [-0.3, -0.25) is 14.4 Å². The monoisotopic (exact) mass is 507 g/mol. The minimum absolute atomic E-state index is 0.0672. The molecule has 1 fully saturated rings. The average Bonchev–Trinajstić information content (AvgIpc) is 3.56. The van der Waals surface area contributed by atoms with Crippen LogP contribution in [-0.4, -0.2) is 68.9 Å². The average molecular weight is 508 g/mol. The maximum atomic E-state index is 13.5. The summed E-state index contributed by atoms with van der Waals surface area (Å²) in [6, 6.07) is 8.31. The maximum Gasteiger partial charge on any atom is 0.315 e. The highest BCUT2D eigenvalue weighted by atomic mass is 16.2. The zero-order valence-corrected chi connectivity index (χ0v) is 21.2. The van der Waals surface area contributed by atoms with Crippen molar-refractivity contribution in [1.29, 1.82) is 0 Å². The van der Waals surface area contributed by atoms with Crippen LogP contribution in [0.15, 0.2) is 48.8 Å². The van der Waals surface area contributed by atoms with Crippen LogP contribution in [0, 0.1) is 0 Å². The number of likely N-dealkylation sites (tertiary alicyclic amines) is 1. The molecule has 37 heavy (non-hydrogen) atoms. The van der Waals surface area contributed by atoms with E-state index >= 15 is 0 Å². The molecule has 5 amide bonds. The Kier molecular flexibility index (Phi) is 7.51. The molecule has 11 heteroatoms. The molecule has 1 saturated heterocycles. The van der Waals surface area contributed by atoms with Crippen molar-refractivity contribution in [1.82, 2.24) is 30.4 Å². The third-order valence-electron chi connectivity index (χ3n) is 6.54. The standard InChI is InChI=1S/C26H33N7O4/c1-15(2)29-26(37)30-17-12-22(33(14-17)25(36)21-9-6-10-32(21)3)24(35)31-20(23(27)34)11-16-13-28-19-8-5-4-7-18(16)19/h4-10,13,15,17,20,22,28H,11-12,14H2,1-3H3,(H2,27,34)(H,31,35)(H2,29,30,37)/t17-,20+,22-/m0/s1. The first-order valence-corrected chi connectivity index (χ1v) is 12.3. The maximum absolute atomic E-state index is 13.5. The summed E-state index contributed by atoms with van der Waals surface area (Å²) >= 11 is 0. The van der Waals surface area contributed by atoms with E-state index in [1.165, 1.54) is 4.90 Å². The number of aryl methyl sites for hydroxylation is 1. The second kappa shape index (κ2) is 10.8. The molecule has 3 atom stereocenters. The molecule has 11 nitrogen and oxygen atoms in total. The normalized spacial score (nSPS) is 18.1. The Morgan fingerprint density at radius 2 is 1.86 bits per heavy atom. The van der Waals surface area contributed by atoms with Gasteiger partial charge in [0.1, 0.15) is 17.8 Å². The van der Waals surface area contributed by atoms with Crippen LogP contribution in [0.5, 0.6) is 0 Å². The third kappa shape index (κ3) is 5.76. The molecule has 1 aliphatic heterocycles. The highest BCUT2D eigenvalue weighted by Crippen LogP contribution is 2.23. The Balaban J connectivity index is 1.53. The van der Waals surface area contributed by atoms with E-state index in [-0.39, 0.29) is 37.4 Å². The minimum Gasteiger partial charge on any atom is -0.368 e. The van der Waals surface area contributed by atoms with Crippen molar-refractivity contribution >= 4 is 34.7 Å². The molecule has 0 radical (unpaired) electrons. The minimum atomic E-state index is -0.977. The van der Waals surface area contributed by atoms with E-state index in [9.17, 15) is 19.2 Å². The number of nitrogens with one attached hydrogen (secondary N) is 4. The molecule has 6 N–H and O–H groups in total. The van der Waals surface area contributed by atoms with E-state index in [1.54, 1.807) is 36.1 Å². The molecule has 4 rings (SSSR count). The Labute approximate surface area is 214 Å². The van der Waals surface area contributed by atoms with Gasteiger partial charge in [-0.25, -0.2) is 4.79 Å². The Morgan fingerprint density at radius 1 is 1.11 bits per heavy atom. The predicted octanol–water partition coefficient (Wildman–Crippen LogP) is 1.01. The molecular formula is C26H33N7O4. The van der Waals surface area contributed by atoms with Crippen molar-refractivity contribution < 1.29 is 19.2 Å².